The summed E-state index contributed by atoms with van der Waals surface area (Å²) in [5.74, 6) is -2.94. The van der Waals surface area contributed by atoms with Gasteiger partial charge in [-0.3, -0.25) is 0 Å². The summed E-state index contributed by atoms with van der Waals surface area (Å²) in [7, 11) is 0. The molecule has 0 atom stereocenters. The van der Waals surface area contributed by atoms with Gasteiger partial charge in [-0.25, -0.2) is 0 Å². The Balaban J connectivity index is 2.17. The van der Waals surface area contributed by atoms with Gasteiger partial charge in [0.15, 0.2) is 0 Å². The van der Waals surface area contributed by atoms with Crippen LogP contribution in [0.2, 0.25) is 0 Å². The number of hydrogen-bond donors (Lipinski definition) is 1. The molecule has 2 rings (SSSR count). The Labute approximate surface area is 141 Å². The summed E-state index contributed by atoms with van der Waals surface area (Å²) < 4.78 is 30.4. The van der Waals surface area contributed by atoms with Crippen molar-refractivity contribution in [3.63, 3.8) is 0 Å². The Kier molecular flexibility index (Phi) is 5.20. The topological polar surface area (TPSA) is 12.0 Å². The van der Waals surface area contributed by atoms with Crippen LogP contribution in [0.1, 0.15) is 5.56 Å². The van der Waals surface area contributed by atoms with Gasteiger partial charge in [-0.1, -0.05) is 46.3 Å². The van der Waals surface area contributed by atoms with Gasteiger partial charge in [-0.2, -0.15) is 8.78 Å². The molecule has 0 spiro atoms. The first-order valence-electron chi connectivity index (χ1n) is 5.72. The summed E-state index contributed by atoms with van der Waals surface area (Å²) in [6.45, 7) is -0.476. The highest BCUT2D eigenvalue weighted by molar-refractivity contribution is 9.11. The van der Waals surface area contributed by atoms with Crippen LogP contribution in [0.15, 0.2) is 55.9 Å². The van der Waals surface area contributed by atoms with E-state index in [-0.39, 0.29) is 5.56 Å². The lowest BCUT2D eigenvalue weighted by Gasteiger charge is -2.19. The summed E-state index contributed by atoms with van der Waals surface area (Å²) in [5.41, 5.74) is 0.598. The molecule has 0 fully saturated rings. The fraction of sp³-hybridized carbons (Fsp3) is 0.143. The Morgan fingerprint density at radius 3 is 2.05 bits per heavy atom. The van der Waals surface area contributed by atoms with E-state index in [0.29, 0.717) is 14.6 Å². The molecule has 0 aromatic heterocycles. The number of rotatable bonds is 4. The first-order valence-corrected chi connectivity index (χ1v) is 8.10. The van der Waals surface area contributed by atoms with Crippen molar-refractivity contribution in [1.29, 1.82) is 0 Å². The van der Waals surface area contributed by atoms with E-state index in [9.17, 15) is 8.78 Å². The Morgan fingerprint density at radius 2 is 1.50 bits per heavy atom. The van der Waals surface area contributed by atoms with Crippen LogP contribution in [-0.2, 0) is 5.92 Å². The van der Waals surface area contributed by atoms with E-state index in [1.54, 1.807) is 30.3 Å². The van der Waals surface area contributed by atoms with Gasteiger partial charge in [-0.05, 0) is 44.0 Å². The molecule has 2 aromatic carbocycles. The van der Waals surface area contributed by atoms with E-state index in [2.05, 4.69) is 53.1 Å². The molecule has 0 saturated carbocycles. The molecule has 0 aliphatic carbocycles. The van der Waals surface area contributed by atoms with Crippen molar-refractivity contribution in [3.05, 3.63) is 61.4 Å². The van der Waals surface area contributed by atoms with Gasteiger partial charge in [0.2, 0.25) is 0 Å². The van der Waals surface area contributed by atoms with Gasteiger partial charge < -0.3 is 5.32 Å². The number of hydrogen-bond acceptors (Lipinski definition) is 1. The Hall–Kier alpha value is -0.460. The lowest BCUT2D eigenvalue weighted by Crippen LogP contribution is -2.24. The second-order valence-electron chi connectivity index (χ2n) is 4.17. The minimum Gasteiger partial charge on any atom is -0.377 e. The monoisotopic (exact) mass is 467 g/mol. The van der Waals surface area contributed by atoms with Crippen molar-refractivity contribution in [1.82, 2.24) is 0 Å². The van der Waals surface area contributed by atoms with Crippen LogP contribution in [0.5, 0.6) is 0 Å². The van der Waals surface area contributed by atoms with E-state index in [0.717, 1.165) is 4.47 Å². The number of halogens is 5. The molecule has 0 bridgehead atoms. The minimum atomic E-state index is -2.94. The van der Waals surface area contributed by atoms with E-state index in [4.69, 9.17) is 0 Å². The van der Waals surface area contributed by atoms with Gasteiger partial charge in [-0.15, -0.1) is 0 Å². The molecular formula is C14H10Br3F2N. The van der Waals surface area contributed by atoms with Crippen LogP contribution < -0.4 is 5.32 Å². The molecule has 2 aromatic rings. The average molecular weight is 470 g/mol. The molecule has 0 aliphatic rings. The molecule has 0 aliphatic heterocycles. The number of benzene rings is 2. The quantitative estimate of drug-likeness (QED) is 0.564. The largest absolute Gasteiger partial charge is 0.377 e. The van der Waals surface area contributed by atoms with Crippen LogP contribution in [0.3, 0.4) is 0 Å². The summed E-state index contributed by atoms with van der Waals surface area (Å²) in [4.78, 5) is 0. The fourth-order valence-electron chi connectivity index (χ4n) is 1.69. The first-order chi connectivity index (χ1) is 9.40. The molecule has 0 amide bonds. The molecule has 0 saturated heterocycles. The van der Waals surface area contributed by atoms with Gasteiger partial charge in [0.1, 0.15) is 0 Å². The number of alkyl halides is 2. The zero-order chi connectivity index (χ0) is 14.8. The highest BCUT2D eigenvalue weighted by Crippen LogP contribution is 2.36. The summed E-state index contributed by atoms with van der Waals surface area (Å²) in [6.07, 6.45) is 0. The zero-order valence-electron chi connectivity index (χ0n) is 10.1. The van der Waals surface area contributed by atoms with Crippen molar-refractivity contribution in [2.24, 2.45) is 0 Å². The third-order valence-electron chi connectivity index (χ3n) is 2.69. The van der Waals surface area contributed by atoms with Crippen LogP contribution >= 0.6 is 47.8 Å². The first kappa shape index (κ1) is 15.9. The third kappa shape index (κ3) is 3.80. The predicted octanol–water partition coefficient (Wildman–Crippen LogP) is 6.18. The highest BCUT2D eigenvalue weighted by atomic mass is 79.9. The van der Waals surface area contributed by atoms with Crippen LogP contribution in [0.4, 0.5) is 14.5 Å². The molecule has 20 heavy (non-hydrogen) atoms. The molecule has 1 N–H and O–H groups in total. The van der Waals surface area contributed by atoms with E-state index in [1.165, 1.54) is 12.1 Å². The molecular weight excluding hydrogens is 460 g/mol. The zero-order valence-corrected chi connectivity index (χ0v) is 14.9. The Bertz CT molecular complexity index is 580. The number of nitrogens with one attached hydrogen (secondary N) is 1. The minimum absolute atomic E-state index is 0.00291. The summed E-state index contributed by atoms with van der Waals surface area (Å²) in [6, 6.07) is 11.4. The van der Waals surface area contributed by atoms with Crippen molar-refractivity contribution >= 4 is 53.5 Å². The lowest BCUT2D eigenvalue weighted by atomic mass is 10.1. The van der Waals surface area contributed by atoms with Crippen LogP contribution in [0, 0.1) is 0 Å². The fourth-order valence-corrected chi connectivity index (χ4v) is 4.23. The van der Waals surface area contributed by atoms with Crippen molar-refractivity contribution in [2.75, 3.05) is 11.9 Å². The van der Waals surface area contributed by atoms with Gasteiger partial charge in [0.25, 0.3) is 5.92 Å². The van der Waals surface area contributed by atoms with Gasteiger partial charge in [0, 0.05) is 19.0 Å². The average Bonchev–Trinajstić information content (AvgIpc) is 2.38. The molecule has 0 heterocycles. The van der Waals surface area contributed by atoms with Gasteiger partial charge in [0.05, 0.1) is 12.2 Å². The van der Waals surface area contributed by atoms with E-state index in [1.807, 2.05) is 0 Å². The van der Waals surface area contributed by atoms with Gasteiger partial charge >= 0.3 is 0 Å². The maximum atomic E-state index is 14.1. The van der Waals surface area contributed by atoms with Crippen molar-refractivity contribution < 1.29 is 8.78 Å². The van der Waals surface area contributed by atoms with E-state index >= 15 is 0 Å². The van der Waals surface area contributed by atoms with Crippen LogP contribution in [0.25, 0.3) is 0 Å². The second-order valence-corrected chi connectivity index (χ2v) is 6.79. The summed E-state index contributed by atoms with van der Waals surface area (Å²) >= 11 is 10.0. The molecule has 6 heteroatoms. The smallest absolute Gasteiger partial charge is 0.290 e. The SMILES string of the molecule is FC(F)(CNc1c(Br)cc(Br)cc1Br)c1ccccc1. The molecule has 0 radical (unpaired) electrons. The van der Waals surface area contributed by atoms with E-state index < -0.39 is 12.5 Å². The summed E-state index contributed by atoms with van der Waals surface area (Å²) in [5, 5.41) is 2.78. The second kappa shape index (κ2) is 6.54. The Morgan fingerprint density at radius 1 is 0.950 bits per heavy atom. The predicted molar refractivity (Wildman–Crippen MR) is 88.4 cm³/mol. The highest BCUT2D eigenvalue weighted by Gasteiger charge is 2.31. The van der Waals surface area contributed by atoms with Crippen molar-refractivity contribution in [2.45, 2.75) is 5.92 Å². The number of anilines is 1. The molecule has 1 nitrogen and oxygen atoms in total. The van der Waals surface area contributed by atoms with Crippen LogP contribution in [-0.4, -0.2) is 6.54 Å². The lowest BCUT2D eigenvalue weighted by molar-refractivity contribution is 0.0106. The molecule has 0 unspecified atom stereocenters. The molecule has 106 valence electrons. The normalized spacial score (nSPS) is 11.4. The maximum Gasteiger partial charge on any atom is 0.290 e. The van der Waals surface area contributed by atoms with Crippen molar-refractivity contribution in [3.8, 4) is 0 Å². The third-order valence-corrected chi connectivity index (χ3v) is 4.40. The standard InChI is InChI=1S/C14H10Br3F2N/c15-10-6-11(16)13(12(17)7-10)20-8-14(18,19)9-4-2-1-3-5-9/h1-7,20H,8H2. The maximum absolute atomic E-state index is 14.1.